The van der Waals surface area contributed by atoms with E-state index in [1.807, 2.05) is 114 Å². The van der Waals surface area contributed by atoms with Crippen molar-refractivity contribution >= 4 is 17.7 Å². The van der Waals surface area contributed by atoms with Crippen LogP contribution in [-0.4, -0.2) is 20.9 Å². The van der Waals surface area contributed by atoms with Crippen molar-refractivity contribution in [3.8, 4) is 57.5 Å². The van der Waals surface area contributed by atoms with E-state index in [0.717, 1.165) is 22.3 Å². The third kappa shape index (κ3) is 7.16. The quantitative estimate of drug-likeness (QED) is 0.122. The summed E-state index contributed by atoms with van der Waals surface area (Å²) in [5.74, 6) is 0.712. The van der Waals surface area contributed by atoms with Crippen LogP contribution in [0.2, 0.25) is 0 Å². The lowest BCUT2D eigenvalue weighted by atomic mass is 10.1. The zero-order chi connectivity index (χ0) is 30.1. The van der Waals surface area contributed by atoms with Gasteiger partial charge in [-0.2, -0.15) is 0 Å². The van der Waals surface area contributed by atoms with Crippen LogP contribution in [0.25, 0.3) is 22.3 Å². The Kier molecular flexibility index (Phi) is 8.68. The van der Waals surface area contributed by atoms with Crippen molar-refractivity contribution in [2.45, 2.75) is 0 Å². The van der Waals surface area contributed by atoms with Gasteiger partial charge in [-0.3, -0.25) is 0 Å². The van der Waals surface area contributed by atoms with Gasteiger partial charge in [-0.15, -0.1) is 15.0 Å². The minimum absolute atomic E-state index is 0.0354. The highest BCUT2D eigenvalue weighted by Gasteiger charge is 2.14. The first-order valence-electron chi connectivity index (χ1n) is 13.4. The summed E-state index contributed by atoms with van der Waals surface area (Å²) in [4.78, 5) is 31.3. The molecule has 0 fully saturated rings. The third-order valence-corrected chi connectivity index (χ3v) is 6.42. The van der Waals surface area contributed by atoms with Gasteiger partial charge in [0, 0.05) is 11.8 Å². The summed E-state index contributed by atoms with van der Waals surface area (Å²) in [6.45, 7) is 0. The molecule has 1 heterocycles. The largest absolute Gasteiger partial charge is 0.424 e. The average Bonchev–Trinajstić information content (AvgIpc) is 3.07. The maximum absolute atomic E-state index is 11.9. The van der Waals surface area contributed by atoms with Gasteiger partial charge in [0.05, 0.1) is 5.56 Å². The van der Waals surface area contributed by atoms with Gasteiger partial charge in [-0.25, -0.2) is 4.79 Å². The minimum Gasteiger partial charge on any atom is -0.424 e. The lowest BCUT2D eigenvalue weighted by molar-refractivity contribution is 0.0413. The van der Waals surface area contributed by atoms with E-state index in [9.17, 15) is 4.79 Å². The molecule has 1 N–H and O–H groups in total. The van der Waals surface area contributed by atoms with Crippen LogP contribution >= 0.6 is 11.8 Å². The maximum atomic E-state index is 11.9. The Bertz CT molecular complexity index is 1740. The van der Waals surface area contributed by atoms with Gasteiger partial charge >= 0.3 is 24.0 Å². The smallest absolute Gasteiger partial charge is 0.357 e. The molecular weight excluding hydrogens is 580 g/mol. The monoisotopic (exact) mass is 602 g/mol. The van der Waals surface area contributed by atoms with E-state index in [-0.39, 0.29) is 23.6 Å². The molecule has 0 amide bonds. The molecule has 6 aromatic rings. The summed E-state index contributed by atoms with van der Waals surface area (Å²) in [5, 5.41) is 0. The summed E-state index contributed by atoms with van der Waals surface area (Å²) >= 11 is 5.24. The van der Waals surface area contributed by atoms with Gasteiger partial charge < -0.3 is 19.0 Å². The fraction of sp³-hybridized carbons (Fsp3) is 0. The van der Waals surface area contributed by atoms with Gasteiger partial charge in [0.1, 0.15) is 17.2 Å². The number of rotatable bonds is 10. The normalized spacial score (nSPS) is 10.6. The van der Waals surface area contributed by atoms with Crippen LogP contribution in [0.5, 0.6) is 35.3 Å². The van der Waals surface area contributed by atoms with E-state index in [0.29, 0.717) is 17.2 Å². The molecule has 0 aliphatic rings. The maximum Gasteiger partial charge on any atom is 0.357 e. The number of hydrogen-bond donors (Lipinski definition) is 1. The molecule has 0 bridgehead atoms. The van der Waals surface area contributed by atoms with E-state index in [2.05, 4.69) is 19.8 Å². The Morgan fingerprint density at radius 2 is 0.818 bits per heavy atom. The highest BCUT2D eigenvalue weighted by Crippen LogP contribution is 2.30. The van der Waals surface area contributed by atoms with E-state index >= 15 is 0 Å². The second-order valence-corrected chi connectivity index (χ2v) is 9.42. The van der Waals surface area contributed by atoms with Crippen molar-refractivity contribution in [2.75, 3.05) is 0 Å². The summed E-state index contributed by atoms with van der Waals surface area (Å²) in [6.07, 6.45) is 0. The fourth-order valence-electron chi connectivity index (χ4n) is 4.22. The van der Waals surface area contributed by atoms with Crippen LogP contribution in [0.3, 0.4) is 0 Å². The average molecular weight is 603 g/mol. The summed E-state index contributed by atoms with van der Waals surface area (Å²) in [6, 6.07) is 41.1. The lowest BCUT2D eigenvalue weighted by Crippen LogP contribution is -2.10. The van der Waals surface area contributed by atoms with E-state index in [1.165, 1.54) is 12.1 Å². The number of carbonyl (C=O) groups is 1. The summed E-state index contributed by atoms with van der Waals surface area (Å²) < 4.78 is 17.8. The molecule has 1 aromatic heterocycles. The summed E-state index contributed by atoms with van der Waals surface area (Å²) in [5.41, 5.74) is 4.50. The predicted molar refractivity (Wildman–Crippen MR) is 165 cm³/mol. The molecule has 5 aromatic carbocycles. The molecule has 6 rings (SSSR count). The number of hydrogen-bond acceptors (Lipinski definition) is 9. The molecule has 10 heteroatoms. The van der Waals surface area contributed by atoms with Crippen molar-refractivity contribution in [3.63, 3.8) is 0 Å². The van der Waals surface area contributed by atoms with Crippen LogP contribution in [-0.2, 0) is 4.84 Å². The second kappa shape index (κ2) is 13.5. The fourth-order valence-corrected chi connectivity index (χ4v) is 4.29. The van der Waals surface area contributed by atoms with Crippen molar-refractivity contribution in [2.24, 2.45) is 0 Å². The molecule has 0 aliphatic heterocycles. The molecular formula is C34H23ClN4O5. The van der Waals surface area contributed by atoms with E-state index in [4.69, 9.17) is 26.0 Å². The molecule has 0 saturated heterocycles. The Morgan fingerprint density at radius 1 is 0.477 bits per heavy atom. The highest BCUT2D eigenvalue weighted by atomic mass is 35.5. The lowest BCUT2D eigenvalue weighted by Gasteiger charge is -2.11. The van der Waals surface area contributed by atoms with Gasteiger partial charge in [-0.05, 0) is 70.8 Å². The highest BCUT2D eigenvalue weighted by molar-refractivity contribution is 6.13. The first-order chi connectivity index (χ1) is 21.6. The van der Waals surface area contributed by atoms with Crippen molar-refractivity contribution in [3.05, 3.63) is 139 Å². The molecule has 0 saturated carbocycles. The zero-order valence-electron chi connectivity index (χ0n) is 23.0. The van der Waals surface area contributed by atoms with Gasteiger partial charge in [-0.1, -0.05) is 89.9 Å². The number of halogens is 1. The molecule has 216 valence electrons. The number of benzene rings is 5. The van der Waals surface area contributed by atoms with Crippen LogP contribution in [0.4, 0.5) is 0 Å². The molecule has 0 spiro atoms. The summed E-state index contributed by atoms with van der Waals surface area (Å²) in [7, 11) is 0. The standard InChI is InChI=1S/C34H23ClN4O5/c35-39-44-31(40)27-15-21-30(22-16-27)43-34-37-32(41-28-17-11-25(12-18-28)23-7-3-1-4-8-23)36-33(38-34)42-29-19-13-26(14-20-29)24-9-5-2-6-10-24/h1-22,39H. The Labute approximate surface area is 257 Å². The number of nitrogens with zero attached hydrogens (tertiary/aromatic N) is 3. The first-order valence-corrected chi connectivity index (χ1v) is 13.8. The molecule has 9 nitrogen and oxygen atoms in total. The topological polar surface area (TPSA) is 105 Å². The Morgan fingerprint density at radius 3 is 1.18 bits per heavy atom. The Hall–Kier alpha value is -5.77. The van der Waals surface area contributed by atoms with Crippen LogP contribution in [0.15, 0.2) is 133 Å². The number of aromatic nitrogens is 3. The van der Waals surface area contributed by atoms with Crippen LogP contribution in [0, 0.1) is 0 Å². The zero-order valence-corrected chi connectivity index (χ0v) is 23.7. The van der Waals surface area contributed by atoms with Crippen molar-refractivity contribution in [1.82, 2.24) is 20.0 Å². The molecule has 44 heavy (non-hydrogen) atoms. The number of carbonyl (C=O) groups excluding carboxylic acids is 1. The molecule has 0 atom stereocenters. The van der Waals surface area contributed by atoms with Crippen molar-refractivity contribution in [1.29, 1.82) is 0 Å². The predicted octanol–water partition coefficient (Wildman–Crippen LogP) is 8.40. The van der Waals surface area contributed by atoms with Gasteiger partial charge in [0.2, 0.25) is 0 Å². The molecule has 0 aliphatic carbocycles. The van der Waals surface area contributed by atoms with Crippen LogP contribution < -0.4 is 19.2 Å². The van der Waals surface area contributed by atoms with Gasteiger partial charge in [0.15, 0.2) is 0 Å². The van der Waals surface area contributed by atoms with Crippen LogP contribution in [0.1, 0.15) is 10.4 Å². The SMILES string of the molecule is O=C(ONCl)c1ccc(Oc2nc(Oc3ccc(-c4ccccc4)cc3)nc(Oc3ccc(-c4ccccc4)cc3)n2)cc1. The molecule has 0 unspecified atom stereocenters. The number of ether oxygens (including phenoxy) is 3. The molecule has 0 radical (unpaired) electrons. The third-order valence-electron chi connectivity index (χ3n) is 6.35. The van der Waals surface area contributed by atoms with E-state index in [1.54, 1.807) is 12.1 Å². The first kappa shape index (κ1) is 28.4. The second-order valence-electron chi connectivity index (χ2n) is 9.26. The Balaban J connectivity index is 1.25. The minimum atomic E-state index is -0.658. The van der Waals surface area contributed by atoms with E-state index < -0.39 is 5.97 Å². The van der Waals surface area contributed by atoms with Gasteiger partial charge in [0.25, 0.3) is 0 Å². The number of nitrogens with one attached hydrogen (secondary N) is 1. The van der Waals surface area contributed by atoms with Crippen molar-refractivity contribution < 1.29 is 23.8 Å².